The van der Waals surface area contributed by atoms with E-state index < -0.39 is 0 Å². The smallest absolute Gasteiger partial charge is 0.161 e. The number of ketones is 1. The summed E-state index contributed by atoms with van der Waals surface area (Å²) in [5.41, 5.74) is 7.67. The van der Waals surface area contributed by atoms with Crippen molar-refractivity contribution in [1.29, 1.82) is 0 Å². The second-order valence-electron chi connectivity index (χ2n) is 11.1. The zero-order valence-electron chi connectivity index (χ0n) is 21.8. The topological polar surface area (TPSA) is 39.3 Å². The van der Waals surface area contributed by atoms with Gasteiger partial charge in [0.2, 0.25) is 0 Å². The third kappa shape index (κ3) is 5.22. The Hall–Kier alpha value is -2.66. The van der Waals surface area contributed by atoms with Crippen molar-refractivity contribution >= 4 is 39.4 Å². The van der Waals surface area contributed by atoms with E-state index in [1.807, 2.05) is 30.3 Å². The molecule has 2 aliphatic rings. The molecule has 2 aromatic carbocycles. The summed E-state index contributed by atoms with van der Waals surface area (Å²) in [6, 6.07) is 14.6. The highest BCUT2D eigenvalue weighted by Crippen LogP contribution is 2.34. The Bertz CT molecular complexity index is 1350. The number of piperazine rings is 1. The van der Waals surface area contributed by atoms with Gasteiger partial charge in [0, 0.05) is 59.8 Å². The van der Waals surface area contributed by atoms with Crippen LogP contribution in [-0.4, -0.2) is 52.3 Å². The van der Waals surface area contributed by atoms with E-state index in [2.05, 4.69) is 59.8 Å². The molecule has 1 saturated heterocycles. The van der Waals surface area contributed by atoms with Crippen molar-refractivity contribution in [3.05, 3.63) is 82.0 Å². The summed E-state index contributed by atoms with van der Waals surface area (Å²) in [7, 11) is 0. The van der Waals surface area contributed by atoms with E-state index in [1.54, 1.807) is 6.92 Å². The first-order valence-corrected chi connectivity index (χ1v) is 13.4. The summed E-state index contributed by atoms with van der Waals surface area (Å²) in [4.78, 5) is 21.5. The first kappa shape index (κ1) is 25.0. The normalized spacial score (nSPS) is 17.8. The van der Waals surface area contributed by atoms with E-state index in [9.17, 15) is 4.79 Å². The minimum Gasteiger partial charge on any atom is -0.354 e. The lowest BCUT2D eigenvalue weighted by molar-refractivity contribution is -0.111. The Morgan fingerprint density at radius 2 is 1.83 bits per heavy atom. The summed E-state index contributed by atoms with van der Waals surface area (Å²) >= 11 is 6.26. The van der Waals surface area contributed by atoms with Gasteiger partial charge < -0.3 is 4.98 Å². The lowest BCUT2D eigenvalue weighted by atomic mass is 9.91. The standard InChI is InChI=1S/C31H36ClN3O/c1-21(36)27-19-24(23-7-5-9-25(32)18-23)8-6-10-26-28-17-22(11-12-29(28)33-30(26)27)20-34-13-15-35(16-14-34)31(2,3)4/h5,7-9,11-12,17-19,33H,6,10,13-16,20H2,1-4H3. The average Bonchev–Trinajstić information content (AvgIpc) is 3.15. The molecule has 0 unspecified atom stereocenters. The number of allylic oxidation sites excluding steroid dienone is 4. The summed E-state index contributed by atoms with van der Waals surface area (Å²) < 4.78 is 0. The van der Waals surface area contributed by atoms with E-state index in [0.29, 0.717) is 5.02 Å². The Kier molecular flexibility index (Phi) is 6.95. The molecule has 0 radical (unpaired) electrons. The van der Waals surface area contributed by atoms with Crippen molar-refractivity contribution in [2.24, 2.45) is 0 Å². The van der Waals surface area contributed by atoms with Crippen molar-refractivity contribution in [2.75, 3.05) is 26.2 Å². The van der Waals surface area contributed by atoms with E-state index >= 15 is 0 Å². The van der Waals surface area contributed by atoms with Gasteiger partial charge in [-0.1, -0.05) is 35.9 Å². The lowest BCUT2D eigenvalue weighted by Gasteiger charge is -2.42. The van der Waals surface area contributed by atoms with Crippen molar-refractivity contribution in [1.82, 2.24) is 14.8 Å². The van der Waals surface area contributed by atoms with Crippen LogP contribution in [0.2, 0.25) is 5.02 Å². The highest BCUT2D eigenvalue weighted by atomic mass is 35.5. The zero-order chi connectivity index (χ0) is 25.4. The van der Waals surface area contributed by atoms with E-state index in [0.717, 1.165) is 73.5 Å². The van der Waals surface area contributed by atoms with Crippen molar-refractivity contribution < 1.29 is 4.79 Å². The number of nitrogens with one attached hydrogen (secondary N) is 1. The second kappa shape index (κ2) is 10.0. The number of aromatic amines is 1. The molecule has 188 valence electrons. The van der Waals surface area contributed by atoms with Gasteiger partial charge in [-0.3, -0.25) is 14.6 Å². The van der Waals surface area contributed by atoms with Crippen LogP contribution in [0.4, 0.5) is 0 Å². The van der Waals surface area contributed by atoms with Crippen LogP contribution in [0.25, 0.3) is 22.0 Å². The van der Waals surface area contributed by atoms with Crippen LogP contribution >= 0.6 is 11.6 Å². The minimum absolute atomic E-state index is 0.0644. The quantitative estimate of drug-likeness (QED) is 0.430. The van der Waals surface area contributed by atoms with E-state index in [4.69, 9.17) is 11.6 Å². The summed E-state index contributed by atoms with van der Waals surface area (Å²) in [5.74, 6) is 0.0644. The average molecular weight is 502 g/mol. The molecule has 36 heavy (non-hydrogen) atoms. The fraction of sp³-hybridized carbons (Fsp3) is 0.387. The maximum absolute atomic E-state index is 12.8. The molecular formula is C31H36ClN3O. The molecule has 1 aromatic heterocycles. The van der Waals surface area contributed by atoms with Crippen molar-refractivity contribution in [2.45, 2.75) is 52.6 Å². The molecule has 1 aliphatic carbocycles. The fourth-order valence-electron chi connectivity index (χ4n) is 5.52. The number of benzene rings is 2. The molecule has 1 N–H and O–H groups in total. The molecule has 0 atom stereocenters. The van der Waals surface area contributed by atoms with Crippen LogP contribution in [-0.2, 0) is 17.8 Å². The second-order valence-corrected chi connectivity index (χ2v) is 11.6. The van der Waals surface area contributed by atoms with Crippen LogP contribution in [0.5, 0.6) is 0 Å². The number of carbonyl (C=O) groups excluding carboxylic acids is 1. The van der Waals surface area contributed by atoms with Crippen LogP contribution in [0, 0.1) is 0 Å². The largest absolute Gasteiger partial charge is 0.354 e. The number of hydrogen-bond acceptors (Lipinski definition) is 3. The fourth-order valence-corrected chi connectivity index (χ4v) is 5.71. The Labute approximate surface area is 219 Å². The number of carbonyl (C=O) groups is 1. The molecule has 5 heteroatoms. The van der Waals surface area contributed by atoms with Gasteiger partial charge in [0.25, 0.3) is 0 Å². The third-order valence-electron chi connectivity index (χ3n) is 7.56. The highest BCUT2D eigenvalue weighted by Gasteiger charge is 2.26. The predicted octanol–water partition coefficient (Wildman–Crippen LogP) is 6.74. The predicted molar refractivity (Wildman–Crippen MR) is 151 cm³/mol. The number of aryl methyl sites for hydroxylation is 1. The number of nitrogens with zero attached hydrogens (tertiary/aromatic N) is 2. The van der Waals surface area contributed by atoms with Gasteiger partial charge in [0.05, 0.1) is 5.69 Å². The van der Waals surface area contributed by atoms with Crippen LogP contribution in [0.15, 0.2) is 54.6 Å². The molecule has 3 aromatic rings. The van der Waals surface area contributed by atoms with Gasteiger partial charge >= 0.3 is 0 Å². The number of H-pyrrole nitrogens is 1. The van der Waals surface area contributed by atoms with E-state index in [-0.39, 0.29) is 11.3 Å². The van der Waals surface area contributed by atoms with Gasteiger partial charge in [-0.2, -0.15) is 0 Å². The number of aromatic nitrogens is 1. The SMILES string of the molecule is CC(=O)C1=CC(c2cccc(Cl)c2)=CCCc2c1[nH]c1ccc(CN3CCN(C(C)(C)C)CC3)cc21. The Morgan fingerprint density at radius 1 is 1.06 bits per heavy atom. The van der Waals surface area contributed by atoms with Gasteiger partial charge in [0.15, 0.2) is 5.78 Å². The molecule has 1 fully saturated rings. The molecule has 0 spiro atoms. The van der Waals surface area contributed by atoms with Crippen LogP contribution in [0.3, 0.4) is 0 Å². The number of fused-ring (bicyclic) bond motifs is 3. The molecule has 5 rings (SSSR count). The van der Waals surface area contributed by atoms with Crippen molar-refractivity contribution in [3.8, 4) is 0 Å². The first-order chi connectivity index (χ1) is 17.2. The molecule has 0 amide bonds. The third-order valence-corrected chi connectivity index (χ3v) is 7.80. The number of rotatable bonds is 4. The highest BCUT2D eigenvalue weighted by molar-refractivity contribution is 6.30. The first-order valence-electron chi connectivity index (χ1n) is 13.0. The zero-order valence-corrected chi connectivity index (χ0v) is 22.6. The lowest BCUT2D eigenvalue weighted by Crippen LogP contribution is -2.53. The van der Waals surface area contributed by atoms with Crippen LogP contribution in [0.1, 0.15) is 56.5 Å². The summed E-state index contributed by atoms with van der Waals surface area (Å²) in [6.07, 6.45) is 6.05. The molecule has 2 heterocycles. The maximum Gasteiger partial charge on any atom is 0.161 e. The molecule has 0 saturated carbocycles. The monoisotopic (exact) mass is 501 g/mol. The van der Waals surface area contributed by atoms with Gasteiger partial charge in [-0.25, -0.2) is 0 Å². The van der Waals surface area contributed by atoms with E-state index in [1.165, 1.54) is 16.5 Å². The minimum atomic E-state index is 0.0644. The maximum atomic E-state index is 12.8. The van der Waals surface area contributed by atoms with Crippen molar-refractivity contribution in [3.63, 3.8) is 0 Å². The van der Waals surface area contributed by atoms with Gasteiger partial charge in [-0.05, 0) is 93.1 Å². The molecule has 1 aliphatic heterocycles. The van der Waals surface area contributed by atoms with Crippen LogP contribution < -0.4 is 0 Å². The Morgan fingerprint density at radius 3 is 2.53 bits per heavy atom. The number of hydrogen-bond donors (Lipinski definition) is 1. The number of halogens is 1. The van der Waals surface area contributed by atoms with Gasteiger partial charge in [-0.15, -0.1) is 0 Å². The number of Topliss-reactive ketones (excluding diaryl/α,β-unsaturated/α-hetero) is 1. The molecule has 4 nitrogen and oxygen atoms in total. The molecule has 0 bridgehead atoms. The Balaban J connectivity index is 1.44. The van der Waals surface area contributed by atoms with Gasteiger partial charge in [0.1, 0.15) is 0 Å². The summed E-state index contributed by atoms with van der Waals surface area (Å²) in [6.45, 7) is 13.9. The molecular weight excluding hydrogens is 466 g/mol. The summed E-state index contributed by atoms with van der Waals surface area (Å²) in [5, 5.41) is 1.94.